The molecule has 0 saturated carbocycles. The van der Waals surface area contributed by atoms with Gasteiger partial charge in [-0.05, 0) is 46.9 Å². The van der Waals surface area contributed by atoms with Gasteiger partial charge in [-0.25, -0.2) is 9.56 Å². The van der Waals surface area contributed by atoms with Crippen molar-refractivity contribution < 1.29 is 24.0 Å². The van der Waals surface area contributed by atoms with Gasteiger partial charge in [0.05, 0.1) is 20.8 Å². The number of hydrogen-bond donors (Lipinski definition) is 0. The molecule has 0 saturated heterocycles. The Labute approximate surface area is 165 Å². The fraction of sp³-hybridized carbons (Fsp3) is 0.250. The molecule has 1 aliphatic carbocycles. The molecule has 1 aliphatic heterocycles. The first-order valence-electron chi connectivity index (χ1n) is 6.68. The summed E-state index contributed by atoms with van der Waals surface area (Å²) >= 11 is 4.24. The third-order valence-electron chi connectivity index (χ3n) is 3.45. The van der Waals surface area contributed by atoms with Gasteiger partial charge in [0, 0.05) is 25.8 Å². The summed E-state index contributed by atoms with van der Waals surface area (Å²) in [6.45, 7) is 0. The number of benzene rings is 2. The van der Waals surface area contributed by atoms with E-state index in [4.69, 9.17) is 4.98 Å². The Morgan fingerprint density at radius 1 is 1.14 bits per heavy atom. The first-order chi connectivity index (χ1) is 9.97. The van der Waals surface area contributed by atoms with E-state index in [1.807, 2.05) is 11.3 Å². The molecule has 0 fully saturated rings. The smallest absolute Gasteiger partial charge is 0.214 e. The van der Waals surface area contributed by atoms with Crippen molar-refractivity contribution in [2.24, 2.45) is 0 Å². The Bertz CT molecular complexity index is 867. The molecular weight excluding hydrogens is 528 g/mol. The summed E-state index contributed by atoms with van der Waals surface area (Å²) < 4.78 is 4.64. The van der Waals surface area contributed by atoms with E-state index >= 15 is 0 Å². The molecule has 0 amide bonds. The van der Waals surface area contributed by atoms with Crippen LogP contribution in [0.2, 0.25) is 0 Å². The highest BCUT2D eigenvalue weighted by Crippen LogP contribution is 2.34. The zero-order chi connectivity index (χ0) is 15.1. The largest absolute Gasteiger partial charge is 1.00 e. The summed E-state index contributed by atoms with van der Waals surface area (Å²) in [5, 5.41) is 1.24. The third-order valence-corrected chi connectivity index (χ3v) is 6.07. The zero-order valence-electron chi connectivity index (χ0n) is 12.9. The number of halogens is 2. The second-order valence-corrected chi connectivity index (χ2v) is 7.53. The molecule has 0 atom stereocenters. The molecule has 0 radical (unpaired) electrons. The molecule has 1 aromatic carbocycles. The van der Waals surface area contributed by atoms with Crippen molar-refractivity contribution in [1.29, 1.82) is 0 Å². The molecule has 3 nitrogen and oxygen atoms in total. The SMILES string of the molecule is CN(C)c1ccc2nc3ccc(=[N+](C)C)c([131I])c-3sc2c1.[131I-]. The molecule has 22 heavy (non-hydrogen) atoms. The highest BCUT2D eigenvalue weighted by Gasteiger charge is 2.15. The predicted molar refractivity (Wildman–Crippen MR) is 100 cm³/mol. The van der Waals surface area contributed by atoms with Crippen molar-refractivity contribution in [3.05, 3.63) is 39.3 Å². The van der Waals surface area contributed by atoms with E-state index in [0.717, 1.165) is 11.2 Å². The summed E-state index contributed by atoms with van der Waals surface area (Å²) in [6, 6.07) is 10.7. The van der Waals surface area contributed by atoms with Crippen LogP contribution in [0.4, 0.5) is 5.69 Å². The Balaban J connectivity index is 0.00000176. The second kappa shape index (κ2) is 6.96. The van der Waals surface area contributed by atoms with Crippen LogP contribution in [0.15, 0.2) is 30.3 Å². The van der Waals surface area contributed by atoms with Gasteiger partial charge in [0.2, 0.25) is 5.36 Å². The minimum Gasteiger partial charge on any atom is -1.00 e. The molecule has 0 unspecified atom stereocenters. The van der Waals surface area contributed by atoms with Gasteiger partial charge in [-0.3, -0.25) is 0 Å². The molecule has 1 aromatic rings. The van der Waals surface area contributed by atoms with E-state index in [1.165, 1.54) is 24.2 Å². The van der Waals surface area contributed by atoms with Crippen molar-refractivity contribution in [2.45, 2.75) is 0 Å². The number of anilines is 1. The number of fused-ring (bicyclic) bond motifs is 2. The van der Waals surface area contributed by atoms with Gasteiger partial charge in [-0.1, -0.05) is 0 Å². The average molecular weight is 545 g/mol. The minimum atomic E-state index is 0. The van der Waals surface area contributed by atoms with Crippen molar-refractivity contribution >= 4 is 49.8 Å². The molecule has 6 heteroatoms. The van der Waals surface area contributed by atoms with E-state index in [-0.39, 0.29) is 24.0 Å². The highest BCUT2D eigenvalue weighted by molar-refractivity contribution is 14.1. The van der Waals surface area contributed by atoms with Gasteiger partial charge in [-0.2, -0.15) is 0 Å². The van der Waals surface area contributed by atoms with E-state index in [2.05, 4.69) is 90.6 Å². The van der Waals surface area contributed by atoms with Crippen LogP contribution in [-0.2, 0) is 0 Å². The lowest BCUT2D eigenvalue weighted by molar-refractivity contribution is -0.00000416. The van der Waals surface area contributed by atoms with Crippen molar-refractivity contribution in [3.63, 3.8) is 0 Å². The van der Waals surface area contributed by atoms with Gasteiger partial charge in [0.25, 0.3) is 0 Å². The maximum atomic E-state index is 4.81. The topological polar surface area (TPSA) is 19.1 Å². The molecule has 3 rings (SSSR count). The zero-order valence-corrected chi connectivity index (χ0v) is 18.0. The molecule has 0 N–H and O–H groups in total. The van der Waals surface area contributed by atoms with Crippen molar-refractivity contribution in [1.82, 2.24) is 9.56 Å². The molecular formula is C16H17I2N3S. The molecule has 0 spiro atoms. The van der Waals surface area contributed by atoms with Crippen LogP contribution in [0.5, 0.6) is 0 Å². The van der Waals surface area contributed by atoms with E-state index < -0.39 is 0 Å². The molecule has 2 aliphatic rings. The van der Waals surface area contributed by atoms with Crippen LogP contribution in [0.1, 0.15) is 0 Å². The normalized spacial score (nSPS) is 10.6. The lowest BCUT2D eigenvalue weighted by atomic mass is 10.2. The Hall–Kier alpha value is -0.480. The quantitative estimate of drug-likeness (QED) is 0.246. The molecule has 116 valence electrons. The average Bonchev–Trinajstić information content (AvgIpc) is 2.45. The van der Waals surface area contributed by atoms with Crippen LogP contribution in [0.25, 0.3) is 20.8 Å². The van der Waals surface area contributed by atoms with Crippen molar-refractivity contribution in [2.75, 3.05) is 33.1 Å². The molecule has 0 bridgehead atoms. The van der Waals surface area contributed by atoms with Crippen LogP contribution < -0.4 is 38.8 Å². The van der Waals surface area contributed by atoms with Gasteiger partial charge in [0.1, 0.15) is 17.7 Å². The van der Waals surface area contributed by atoms with Crippen LogP contribution in [0.3, 0.4) is 0 Å². The van der Waals surface area contributed by atoms with E-state index in [0.29, 0.717) is 0 Å². The predicted octanol–water partition coefficient (Wildman–Crippen LogP) is 0.107. The highest BCUT2D eigenvalue weighted by atomic mass is 131. The third kappa shape index (κ3) is 3.23. The lowest BCUT2D eigenvalue weighted by Crippen LogP contribution is -3.00. The first-order valence-corrected chi connectivity index (χ1v) is 8.57. The maximum Gasteiger partial charge on any atom is 0.214 e. The number of aromatic nitrogens is 1. The fourth-order valence-corrected chi connectivity index (χ4v) is 4.56. The summed E-state index contributed by atoms with van der Waals surface area (Å²) in [5.41, 5.74) is 3.34. The summed E-state index contributed by atoms with van der Waals surface area (Å²) in [7, 11) is 8.28. The van der Waals surface area contributed by atoms with E-state index in [1.54, 1.807) is 0 Å². The molecule has 0 aromatic heterocycles. The Morgan fingerprint density at radius 2 is 1.86 bits per heavy atom. The van der Waals surface area contributed by atoms with Gasteiger partial charge < -0.3 is 28.9 Å². The van der Waals surface area contributed by atoms with Crippen LogP contribution in [-0.4, -0.2) is 33.2 Å². The van der Waals surface area contributed by atoms with E-state index in [9.17, 15) is 0 Å². The summed E-state index contributed by atoms with van der Waals surface area (Å²) in [4.78, 5) is 8.19. The van der Waals surface area contributed by atoms with Gasteiger partial charge >= 0.3 is 0 Å². The fourth-order valence-electron chi connectivity index (χ4n) is 2.26. The summed E-state index contributed by atoms with van der Waals surface area (Å²) in [6.07, 6.45) is 0. The van der Waals surface area contributed by atoms with Gasteiger partial charge in [0.15, 0.2) is 0 Å². The van der Waals surface area contributed by atoms with Crippen LogP contribution >= 0.6 is 33.9 Å². The van der Waals surface area contributed by atoms with Crippen LogP contribution in [0, 0.1) is 3.57 Å². The van der Waals surface area contributed by atoms with Crippen molar-refractivity contribution in [3.8, 4) is 10.6 Å². The number of hydrogen-bond acceptors (Lipinski definition) is 3. The minimum absolute atomic E-state index is 0. The first kappa shape index (κ1) is 17.9. The standard InChI is InChI=1S/C16H17IN3S.HI/c1-19(2)10-5-6-11-14(9-10)21-16-12(18-11)7-8-13(15(16)17)20(3)4;/h5-9H,1-4H3;1H/q+1;/p-1/i17+4;1+4. The molecule has 1 heterocycles. The Morgan fingerprint density at radius 3 is 2.50 bits per heavy atom. The lowest BCUT2D eigenvalue weighted by Gasteiger charge is -2.14. The number of nitrogens with zero attached hydrogens (tertiary/aromatic N) is 3. The number of rotatable bonds is 1. The monoisotopic (exact) mass is 545 g/mol. The maximum absolute atomic E-state index is 4.81. The summed E-state index contributed by atoms with van der Waals surface area (Å²) in [5.74, 6) is 0. The second-order valence-electron chi connectivity index (χ2n) is 5.40. The van der Waals surface area contributed by atoms with Gasteiger partial charge in [-0.15, -0.1) is 11.3 Å². The Kier molecular flexibility index (Phi) is 5.65.